The molecule has 0 saturated heterocycles. The summed E-state index contributed by atoms with van der Waals surface area (Å²) in [6.45, 7) is 0.537. The lowest BCUT2D eigenvalue weighted by Crippen LogP contribution is -2.26. The summed E-state index contributed by atoms with van der Waals surface area (Å²) in [5.74, 6) is 1.22. The Morgan fingerprint density at radius 1 is 1.14 bits per heavy atom. The molecule has 0 aliphatic carbocycles. The summed E-state index contributed by atoms with van der Waals surface area (Å²) >= 11 is 0. The number of nitrogens with two attached hydrogens (primary N) is 1. The van der Waals surface area contributed by atoms with Gasteiger partial charge in [0.25, 0.3) is 0 Å². The first-order valence-electron chi connectivity index (χ1n) is 6.97. The van der Waals surface area contributed by atoms with Crippen LogP contribution < -0.4 is 10.5 Å². The number of methoxy groups -OCH3 is 1. The molecule has 1 heterocycles. The van der Waals surface area contributed by atoms with Crippen molar-refractivity contribution in [1.29, 1.82) is 0 Å². The molecule has 5 nitrogen and oxygen atoms in total. The fourth-order valence-corrected chi connectivity index (χ4v) is 2.22. The van der Waals surface area contributed by atoms with Crippen LogP contribution in [0.1, 0.15) is 11.1 Å². The quantitative estimate of drug-likeness (QED) is 0.691. The van der Waals surface area contributed by atoms with Crippen molar-refractivity contribution in [1.82, 2.24) is 0 Å². The second-order valence-electron chi connectivity index (χ2n) is 4.82. The van der Waals surface area contributed by atoms with Crippen molar-refractivity contribution in [3.8, 4) is 5.75 Å². The van der Waals surface area contributed by atoms with Gasteiger partial charge in [0.05, 0.1) is 13.3 Å². The topological polar surface area (TPSA) is 63.0 Å². The zero-order valence-corrected chi connectivity index (χ0v) is 12.3. The van der Waals surface area contributed by atoms with Crippen molar-refractivity contribution < 1.29 is 9.42 Å². The van der Waals surface area contributed by atoms with Gasteiger partial charge in [-0.05, 0) is 29.8 Å². The number of guanidine groups is 1. The van der Waals surface area contributed by atoms with Crippen LogP contribution in [-0.2, 0) is 0 Å². The Balaban J connectivity index is 1.90. The van der Waals surface area contributed by atoms with E-state index in [1.165, 1.54) is 0 Å². The first-order chi connectivity index (χ1) is 10.8. The lowest BCUT2D eigenvalue weighted by Gasteiger charge is -2.01. The minimum Gasteiger partial charge on any atom is -0.497 e. The number of nitrogens with zero attached hydrogens (tertiary/aromatic N) is 3. The van der Waals surface area contributed by atoms with Gasteiger partial charge in [-0.25, -0.2) is 0 Å². The molecular formula is C17H17N4O+. The summed E-state index contributed by atoms with van der Waals surface area (Å²) in [5.41, 5.74) is 8.95. The van der Waals surface area contributed by atoms with Crippen LogP contribution in [0.2, 0.25) is 0 Å². The molecule has 0 saturated carbocycles. The molecule has 0 spiro atoms. The van der Waals surface area contributed by atoms with E-state index < -0.39 is 0 Å². The summed E-state index contributed by atoms with van der Waals surface area (Å²) in [6, 6.07) is 17.7. The van der Waals surface area contributed by atoms with Crippen molar-refractivity contribution >= 4 is 17.9 Å². The van der Waals surface area contributed by atoms with Gasteiger partial charge in [-0.3, -0.25) is 5.73 Å². The van der Waals surface area contributed by atoms with E-state index in [4.69, 9.17) is 10.5 Å². The van der Waals surface area contributed by atoms with E-state index in [0.717, 1.165) is 22.6 Å². The monoisotopic (exact) mass is 293 g/mol. The number of benzene rings is 2. The molecule has 0 fully saturated rings. The smallest absolute Gasteiger partial charge is 0.409 e. The highest BCUT2D eigenvalue weighted by Crippen LogP contribution is 2.10. The Hall–Kier alpha value is -2.95. The molecule has 0 radical (unpaired) electrons. The molecule has 2 N–H and O–H groups in total. The van der Waals surface area contributed by atoms with Gasteiger partial charge in [0.15, 0.2) is 12.3 Å². The molecule has 0 amide bonds. The van der Waals surface area contributed by atoms with E-state index in [0.29, 0.717) is 12.5 Å². The van der Waals surface area contributed by atoms with Crippen LogP contribution in [0.3, 0.4) is 0 Å². The standard InChI is InChI=1S/C17H17N4O/c1-22-15-9-7-13(8-10-15)11-20-21-16(12-19-17(21)18)14-5-3-2-4-6-14/h2-11H,12H2,1H3,(H2,18,19)/q+1. The third-order valence-corrected chi connectivity index (χ3v) is 3.41. The average Bonchev–Trinajstić information content (AvgIpc) is 2.95. The summed E-state index contributed by atoms with van der Waals surface area (Å²) < 4.78 is 6.82. The second kappa shape index (κ2) is 6.22. The van der Waals surface area contributed by atoms with Crippen LogP contribution in [-0.4, -0.2) is 36.2 Å². The summed E-state index contributed by atoms with van der Waals surface area (Å²) in [5, 5.41) is 4.46. The molecule has 0 aromatic heterocycles. The highest BCUT2D eigenvalue weighted by atomic mass is 16.5. The third kappa shape index (κ3) is 2.88. The maximum Gasteiger partial charge on any atom is 0.409 e. The normalized spacial score (nSPS) is 14.5. The van der Waals surface area contributed by atoms with Gasteiger partial charge < -0.3 is 4.74 Å². The van der Waals surface area contributed by atoms with Crippen LogP contribution in [0.25, 0.3) is 0 Å². The average molecular weight is 293 g/mol. The Kier molecular flexibility index (Phi) is 3.96. The number of ether oxygens (including phenoxy) is 1. The predicted octanol–water partition coefficient (Wildman–Crippen LogP) is 1.86. The molecule has 2 aromatic carbocycles. The zero-order valence-electron chi connectivity index (χ0n) is 12.3. The molecule has 1 aliphatic heterocycles. The first-order valence-corrected chi connectivity index (χ1v) is 6.97. The van der Waals surface area contributed by atoms with E-state index >= 15 is 0 Å². The van der Waals surface area contributed by atoms with Crippen molar-refractivity contribution in [3.63, 3.8) is 0 Å². The molecule has 0 unspecified atom stereocenters. The highest BCUT2D eigenvalue weighted by Gasteiger charge is 2.24. The summed E-state index contributed by atoms with van der Waals surface area (Å²) in [4.78, 5) is 4.26. The number of rotatable bonds is 4. The SMILES string of the molecule is COc1ccc(C=N[N+]2=C(c3ccccc3)CN=C2N)cc1. The maximum absolute atomic E-state index is 5.94. The summed E-state index contributed by atoms with van der Waals surface area (Å²) in [7, 11) is 1.64. The van der Waals surface area contributed by atoms with Crippen LogP contribution in [0.5, 0.6) is 5.75 Å². The fourth-order valence-electron chi connectivity index (χ4n) is 2.22. The first kappa shape index (κ1) is 14.0. The third-order valence-electron chi connectivity index (χ3n) is 3.41. The van der Waals surface area contributed by atoms with Gasteiger partial charge in [0.2, 0.25) is 0 Å². The Morgan fingerprint density at radius 3 is 2.55 bits per heavy atom. The van der Waals surface area contributed by atoms with Gasteiger partial charge in [0, 0.05) is 5.56 Å². The number of hydrogen-bond donors (Lipinski definition) is 1. The molecule has 5 heteroatoms. The largest absolute Gasteiger partial charge is 0.497 e. The Morgan fingerprint density at radius 2 is 1.86 bits per heavy atom. The van der Waals surface area contributed by atoms with Gasteiger partial charge in [-0.2, -0.15) is 0 Å². The van der Waals surface area contributed by atoms with Gasteiger partial charge in [-0.1, -0.05) is 30.3 Å². The van der Waals surface area contributed by atoms with Gasteiger partial charge in [-0.15, -0.1) is 14.8 Å². The van der Waals surface area contributed by atoms with Crippen molar-refractivity contribution in [2.75, 3.05) is 13.7 Å². The molecule has 0 atom stereocenters. The lowest BCUT2D eigenvalue weighted by atomic mass is 10.1. The number of hydrazone groups is 1. The predicted molar refractivity (Wildman–Crippen MR) is 87.9 cm³/mol. The highest BCUT2D eigenvalue weighted by molar-refractivity contribution is 6.04. The van der Waals surface area contributed by atoms with Crippen LogP contribution in [0.4, 0.5) is 0 Å². The lowest BCUT2D eigenvalue weighted by molar-refractivity contribution is -0.410. The molecule has 1 aliphatic rings. The van der Waals surface area contributed by atoms with Crippen LogP contribution in [0, 0.1) is 0 Å². The molecule has 22 heavy (non-hydrogen) atoms. The van der Waals surface area contributed by atoms with Crippen molar-refractivity contribution in [3.05, 3.63) is 65.7 Å². The minimum absolute atomic E-state index is 0.406. The van der Waals surface area contributed by atoms with E-state index in [-0.39, 0.29) is 0 Å². The second-order valence-corrected chi connectivity index (χ2v) is 4.82. The van der Waals surface area contributed by atoms with Gasteiger partial charge in [0.1, 0.15) is 5.75 Å². The van der Waals surface area contributed by atoms with Crippen LogP contribution >= 0.6 is 0 Å². The maximum atomic E-state index is 5.94. The van der Waals surface area contributed by atoms with Crippen molar-refractivity contribution in [2.24, 2.45) is 15.8 Å². The number of hydrogen-bond acceptors (Lipinski definition) is 4. The van der Waals surface area contributed by atoms with E-state index in [1.807, 2.05) is 54.6 Å². The zero-order chi connectivity index (χ0) is 15.4. The Bertz CT molecular complexity index is 746. The molecule has 2 aromatic rings. The number of aliphatic imine (C=N–C) groups is 1. The molecular weight excluding hydrogens is 276 g/mol. The summed E-state index contributed by atoms with van der Waals surface area (Å²) in [6.07, 6.45) is 1.76. The van der Waals surface area contributed by atoms with E-state index in [1.54, 1.807) is 18.0 Å². The van der Waals surface area contributed by atoms with Crippen LogP contribution in [0.15, 0.2) is 64.7 Å². The Labute approximate surface area is 129 Å². The fraction of sp³-hybridized carbons (Fsp3) is 0.118. The van der Waals surface area contributed by atoms with E-state index in [2.05, 4.69) is 10.1 Å². The van der Waals surface area contributed by atoms with E-state index in [9.17, 15) is 0 Å². The minimum atomic E-state index is 0.406. The van der Waals surface area contributed by atoms with Gasteiger partial charge >= 0.3 is 5.96 Å². The molecule has 0 bridgehead atoms. The van der Waals surface area contributed by atoms with Crippen molar-refractivity contribution in [2.45, 2.75) is 0 Å². The molecule has 3 rings (SSSR count). The molecule has 110 valence electrons.